The normalized spacial score (nSPS) is 11.6. The van der Waals surface area contributed by atoms with Gasteiger partial charge in [-0.1, -0.05) is 0 Å². The number of fused-ring (bicyclic) bond motifs is 2. The van der Waals surface area contributed by atoms with Crippen LogP contribution in [0.3, 0.4) is 0 Å². The first-order valence-electron chi connectivity index (χ1n) is 8.26. The Balaban J connectivity index is 1.38. The second-order valence-corrected chi connectivity index (χ2v) is 5.98. The number of rotatable bonds is 6. The van der Waals surface area contributed by atoms with Crippen molar-refractivity contribution in [2.24, 2.45) is 0 Å². The van der Waals surface area contributed by atoms with Gasteiger partial charge in [0.15, 0.2) is 0 Å². The molecule has 0 saturated heterocycles. The van der Waals surface area contributed by atoms with Crippen LogP contribution in [-0.4, -0.2) is 43.0 Å². The summed E-state index contributed by atoms with van der Waals surface area (Å²) in [4.78, 5) is 42.9. The maximum absolute atomic E-state index is 12.0. The summed E-state index contributed by atoms with van der Waals surface area (Å²) in [5.74, 6) is 0.142. The number of aromatic nitrogens is 8. The first-order chi connectivity index (χ1) is 13.0. The molecular weight excluding hydrogens is 354 g/mol. The quantitative estimate of drug-likeness (QED) is 0.137. The third-order valence-electron chi connectivity index (χ3n) is 4.17. The third kappa shape index (κ3) is 3.10. The predicted molar refractivity (Wildman–Crippen MR) is 95.5 cm³/mol. The fourth-order valence-corrected chi connectivity index (χ4v) is 2.99. The number of H-pyrrole nitrogens is 4. The number of aromatic amines is 4. The van der Waals surface area contributed by atoms with Crippen LogP contribution in [0.2, 0.25) is 0 Å². The second kappa shape index (κ2) is 6.53. The van der Waals surface area contributed by atoms with E-state index in [1.54, 1.807) is 21.8 Å². The van der Waals surface area contributed by atoms with E-state index in [0.29, 0.717) is 48.5 Å². The Morgan fingerprint density at radius 2 is 1.30 bits per heavy atom. The molecule has 27 heavy (non-hydrogen) atoms. The van der Waals surface area contributed by atoms with E-state index in [2.05, 4.69) is 35.2 Å². The average Bonchev–Trinajstić information content (AvgIpc) is 3.19. The average molecular weight is 373 g/mol. The lowest BCUT2D eigenvalue weighted by atomic mass is 10.4. The molecular formula is C14H19N11O2+2. The minimum Gasteiger partial charge on any atom is -0.369 e. The van der Waals surface area contributed by atoms with Gasteiger partial charge in [0.05, 0.1) is 0 Å². The van der Waals surface area contributed by atoms with Crippen LogP contribution in [0, 0.1) is 0 Å². The van der Waals surface area contributed by atoms with Crippen molar-refractivity contribution < 1.29 is 9.13 Å². The van der Waals surface area contributed by atoms with Gasteiger partial charge in [0.2, 0.25) is 24.6 Å². The lowest BCUT2D eigenvalue weighted by Crippen LogP contribution is -2.44. The molecule has 0 aliphatic rings. The molecule has 13 nitrogen and oxygen atoms in total. The van der Waals surface area contributed by atoms with Gasteiger partial charge in [-0.2, -0.15) is 9.97 Å². The van der Waals surface area contributed by atoms with Crippen molar-refractivity contribution in [1.29, 1.82) is 0 Å². The van der Waals surface area contributed by atoms with Crippen molar-refractivity contribution >= 4 is 34.2 Å². The summed E-state index contributed by atoms with van der Waals surface area (Å²) in [6, 6.07) is 0. The van der Waals surface area contributed by atoms with Crippen molar-refractivity contribution in [3.05, 3.63) is 33.4 Å². The molecule has 9 N–H and O–H groups in total. The van der Waals surface area contributed by atoms with Crippen molar-refractivity contribution in [3.8, 4) is 0 Å². The molecule has 0 atom stereocenters. The van der Waals surface area contributed by atoms with E-state index in [1.807, 2.05) is 0 Å². The Hall–Kier alpha value is -3.74. The molecule has 0 fully saturated rings. The Bertz CT molecular complexity index is 1140. The Kier molecular flexibility index (Phi) is 4.04. The lowest BCUT2D eigenvalue weighted by molar-refractivity contribution is -0.673. The van der Waals surface area contributed by atoms with E-state index in [-0.39, 0.29) is 23.0 Å². The fraction of sp³-hybridized carbons (Fsp3) is 0.286. The van der Waals surface area contributed by atoms with Crippen molar-refractivity contribution in [3.63, 3.8) is 0 Å². The molecule has 0 amide bonds. The smallest absolute Gasteiger partial charge is 0.304 e. The molecule has 0 unspecified atom stereocenters. The minimum absolute atomic E-state index is 0.0709. The van der Waals surface area contributed by atoms with Gasteiger partial charge in [0.1, 0.15) is 13.1 Å². The number of nitrogens with one attached hydrogen (secondary N) is 5. The zero-order chi connectivity index (χ0) is 19.0. The highest BCUT2D eigenvalue weighted by molar-refractivity contribution is 5.66. The second-order valence-electron chi connectivity index (χ2n) is 5.98. The zero-order valence-corrected chi connectivity index (χ0v) is 14.2. The van der Waals surface area contributed by atoms with E-state index in [0.717, 1.165) is 0 Å². The maximum atomic E-state index is 12.0. The summed E-state index contributed by atoms with van der Waals surface area (Å²) < 4.78 is 3.54. The van der Waals surface area contributed by atoms with Gasteiger partial charge >= 0.3 is 11.1 Å². The molecule has 0 bridgehead atoms. The van der Waals surface area contributed by atoms with E-state index in [9.17, 15) is 9.59 Å². The van der Waals surface area contributed by atoms with Gasteiger partial charge in [-0.25, -0.2) is 19.1 Å². The molecule has 0 aliphatic carbocycles. The van der Waals surface area contributed by atoms with E-state index in [1.165, 1.54) is 0 Å². The van der Waals surface area contributed by atoms with Crippen LogP contribution in [0.25, 0.3) is 22.3 Å². The number of nitrogen functional groups attached to an aromatic ring is 2. The zero-order valence-electron chi connectivity index (χ0n) is 14.2. The van der Waals surface area contributed by atoms with Crippen LogP contribution in [0.15, 0.2) is 22.2 Å². The van der Waals surface area contributed by atoms with Gasteiger partial charge in [-0.3, -0.25) is 19.6 Å². The highest BCUT2D eigenvalue weighted by atomic mass is 16.1. The molecule has 0 spiro atoms. The van der Waals surface area contributed by atoms with Crippen molar-refractivity contribution in [2.45, 2.75) is 13.1 Å². The molecule has 4 rings (SSSR count). The topological polar surface area (TPSA) is 195 Å². The standard InChI is InChI=1S/C14H17N11O2/c15-13-20-9-7(11(26)22-13)24(5-18-9)3-1-17-2-4-25-6-19-10-8(25)12(27)23-14(16)21-10/h5-6,17H,1-4H2,(H6,15,16,20,21,22,23,26,27)/p+2. The number of hydrogen-bond acceptors (Lipinski definition) is 7. The van der Waals surface area contributed by atoms with E-state index >= 15 is 0 Å². The van der Waals surface area contributed by atoms with Crippen LogP contribution < -0.4 is 37.0 Å². The molecule has 0 aromatic carbocycles. The van der Waals surface area contributed by atoms with Gasteiger partial charge in [0, 0.05) is 13.1 Å². The summed E-state index contributed by atoms with van der Waals surface area (Å²) in [5, 5.41) is 3.27. The van der Waals surface area contributed by atoms with Crippen molar-refractivity contribution in [1.82, 2.24) is 35.2 Å². The summed E-state index contributed by atoms with van der Waals surface area (Å²) >= 11 is 0. The predicted octanol–water partition coefficient (Wildman–Crippen LogP) is -3.16. The molecule has 140 valence electrons. The van der Waals surface area contributed by atoms with Crippen LogP contribution in [0.4, 0.5) is 11.9 Å². The number of imidazole rings is 2. The number of nitrogens with zero attached hydrogens (tertiary/aromatic N) is 4. The Morgan fingerprint density at radius 1 is 0.852 bits per heavy atom. The van der Waals surface area contributed by atoms with Gasteiger partial charge in [-0.05, 0) is 0 Å². The molecule has 13 heteroatoms. The molecule has 4 aromatic heterocycles. The van der Waals surface area contributed by atoms with Crippen LogP contribution in [0.1, 0.15) is 0 Å². The Labute approximate surface area is 150 Å². The maximum Gasteiger partial charge on any atom is 0.304 e. The van der Waals surface area contributed by atoms with Crippen LogP contribution in [-0.2, 0) is 13.1 Å². The summed E-state index contributed by atoms with van der Waals surface area (Å²) in [6.45, 7) is 2.36. The monoisotopic (exact) mass is 373 g/mol. The number of hydrogen-bond donors (Lipinski definition) is 7. The first kappa shape index (κ1) is 16.7. The molecule has 4 heterocycles. The lowest BCUT2D eigenvalue weighted by Gasteiger charge is -2.02. The molecule has 0 radical (unpaired) electrons. The SMILES string of the molecule is Nc1nc2[nH]c[n+](CCNCC[n+]3c[nH]c4nc(N)[nH]c(=O)c43)c2c(=O)[nH]1. The van der Waals surface area contributed by atoms with Gasteiger partial charge < -0.3 is 16.8 Å². The van der Waals surface area contributed by atoms with Gasteiger partial charge in [0.25, 0.3) is 22.3 Å². The molecule has 4 aromatic rings. The van der Waals surface area contributed by atoms with E-state index in [4.69, 9.17) is 11.5 Å². The first-order valence-corrected chi connectivity index (χ1v) is 8.26. The number of nitrogens with two attached hydrogens (primary N) is 2. The molecule has 0 aliphatic heterocycles. The minimum atomic E-state index is -0.293. The van der Waals surface area contributed by atoms with E-state index < -0.39 is 0 Å². The highest BCUT2D eigenvalue weighted by Crippen LogP contribution is 1.99. The Morgan fingerprint density at radius 3 is 1.74 bits per heavy atom. The summed E-state index contributed by atoms with van der Waals surface area (Å²) in [7, 11) is 0. The van der Waals surface area contributed by atoms with Gasteiger partial charge in [-0.15, -0.1) is 0 Å². The summed E-state index contributed by atoms with van der Waals surface area (Å²) in [6.07, 6.45) is 3.36. The summed E-state index contributed by atoms with van der Waals surface area (Å²) in [5.41, 5.74) is 12.2. The third-order valence-corrected chi connectivity index (χ3v) is 4.17. The fourth-order valence-electron chi connectivity index (χ4n) is 2.99. The molecule has 0 saturated carbocycles. The largest absolute Gasteiger partial charge is 0.369 e. The van der Waals surface area contributed by atoms with Crippen molar-refractivity contribution in [2.75, 3.05) is 24.6 Å². The number of anilines is 2. The van der Waals surface area contributed by atoms with Crippen LogP contribution >= 0.6 is 0 Å². The van der Waals surface area contributed by atoms with Crippen LogP contribution in [0.5, 0.6) is 0 Å². The highest BCUT2D eigenvalue weighted by Gasteiger charge is 2.17.